The highest BCUT2D eigenvalue weighted by Gasteiger charge is 1.99. The van der Waals surface area contributed by atoms with Crippen molar-refractivity contribution in [3.8, 4) is 0 Å². The fourth-order valence-corrected chi connectivity index (χ4v) is 2.16. The zero-order chi connectivity index (χ0) is 16.3. The van der Waals surface area contributed by atoms with E-state index in [2.05, 4.69) is 15.6 Å². The summed E-state index contributed by atoms with van der Waals surface area (Å²) in [4.78, 5) is 16.1. The van der Waals surface area contributed by atoms with Crippen molar-refractivity contribution in [2.24, 2.45) is 4.99 Å². The summed E-state index contributed by atoms with van der Waals surface area (Å²) in [5.74, 6) is 1.62. The third-order valence-electron chi connectivity index (χ3n) is 3.33. The Morgan fingerprint density at radius 2 is 2.13 bits per heavy atom. The van der Waals surface area contributed by atoms with E-state index in [0.29, 0.717) is 6.54 Å². The lowest BCUT2D eigenvalue weighted by Gasteiger charge is -2.11. The molecule has 0 radical (unpaired) electrons. The van der Waals surface area contributed by atoms with Gasteiger partial charge in [0.05, 0.1) is 6.26 Å². The first-order valence-corrected chi connectivity index (χ1v) is 7.99. The number of pyridine rings is 1. The van der Waals surface area contributed by atoms with E-state index < -0.39 is 0 Å². The monoisotopic (exact) mass is 316 g/mol. The standard InChI is InChI=1S/C17H24N4O2/c1-2-18-17(20-14-15-8-7-13-23-15)19-10-4-6-12-21-11-5-3-9-16(21)22/h3,5,7-9,11,13H,2,4,6,10,12,14H2,1H3,(H2,18,19,20). The molecule has 23 heavy (non-hydrogen) atoms. The van der Waals surface area contributed by atoms with E-state index in [-0.39, 0.29) is 5.56 Å². The molecule has 0 aliphatic carbocycles. The molecule has 0 saturated carbocycles. The van der Waals surface area contributed by atoms with Crippen molar-refractivity contribution in [3.63, 3.8) is 0 Å². The molecule has 2 N–H and O–H groups in total. The van der Waals surface area contributed by atoms with Gasteiger partial charge in [0, 0.05) is 31.9 Å². The van der Waals surface area contributed by atoms with Gasteiger partial charge in [-0.05, 0) is 38.0 Å². The number of aliphatic imine (C=N–C) groups is 1. The molecule has 0 atom stereocenters. The minimum atomic E-state index is 0.0498. The van der Waals surface area contributed by atoms with Crippen molar-refractivity contribution in [2.45, 2.75) is 32.9 Å². The van der Waals surface area contributed by atoms with Gasteiger partial charge >= 0.3 is 0 Å². The summed E-state index contributed by atoms with van der Waals surface area (Å²) in [6.07, 6.45) is 5.38. The molecule has 2 heterocycles. The second-order valence-electron chi connectivity index (χ2n) is 5.14. The lowest BCUT2D eigenvalue weighted by Crippen LogP contribution is -2.37. The molecule has 2 rings (SSSR count). The highest BCUT2D eigenvalue weighted by atomic mass is 16.3. The lowest BCUT2D eigenvalue weighted by atomic mass is 10.3. The third-order valence-corrected chi connectivity index (χ3v) is 3.33. The van der Waals surface area contributed by atoms with E-state index in [1.54, 1.807) is 23.0 Å². The Balaban J connectivity index is 1.70. The number of hydrogen-bond acceptors (Lipinski definition) is 3. The highest BCUT2D eigenvalue weighted by molar-refractivity contribution is 5.79. The Morgan fingerprint density at radius 1 is 1.22 bits per heavy atom. The van der Waals surface area contributed by atoms with Gasteiger partial charge in [0.25, 0.3) is 0 Å². The molecular weight excluding hydrogens is 292 g/mol. The second kappa shape index (κ2) is 9.50. The van der Waals surface area contributed by atoms with Crippen molar-refractivity contribution in [1.29, 1.82) is 0 Å². The van der Waals surface area contributed by atoms with E-state index >= 15 is 0 Å². The van der Waals surface area contributed by atoms with Crippen LogP contribution in [0.4, 0.5) is 0 Å². The molecular formula is C17H24N4O2. The number of hydrogen-bond donors (Lipinski definition) is 2. The average Bonchev–Trinajstić information content (AvgIpc) is 3.07. The zero-order valence-electron chi connectivity index (χ0n) is 13.5. The van der Waals surface area contributed by atoms with Gasteiger partial charge in [-0.15, -0.1) is 0 Å². The lowest BCUT2D eigenvalue weighted by molar-refractivity contribution is 0.511. The van der Waals surface area contributed by atoms with Crippen molar-refractivity contribution in [1.82, 2.24) is 15.2 Å². The fourth-order valence-electron chi connectivity index (χ4n) is 2.16. The highest BCUT2D eigenvalue weighted by Crippen LogP contribution is 2.01. The van der Waals surface area contributed by atoms with Crippen LogP contribution >= 0.6 is 0 Å². The maximum Gasteiger partial charge on any atom is 0.250 e. The summed E-state index contributed by atoms with van der Waals surface area (Å²) >= 11 is 0. The summed E-state index contributed by atoms with van der Waals surface area (Å²) in [5.41, 5.74) is 0.0498. The van der Waals surface area contributed by atoms with Crippen LogP contribution in [0.25, 0.3) is 0 Å². The van der Waals surface area contributed by atoms with Gasteiger partial charge in [0.1, 0.15) is 12.3 Å². The molecule has 0 saturated heterocycles. The number of guanidine groups is 1. The van der Waals surface area contributed by atoms with E-state index in [0.717, 1.165) is 44.2 Å². The quantitative estimate of drug-likeness (QED) is 0.444. The van der Waals surface area contributed by atoms with Gasteiger partial charge < -0.3 is 19.6 Å². The van der Waals surface area contributed by atoms with E-state index in [1.165, 1.54) is 0 Å². The Bertz CT molecular complexity index is 647. The minimum Gasteiger partial charge on any atom is -0.467 e. The van der Waals surface area contributed by atoms with Gasteiger partial charge in [0.2, 0.25) is 5.56 Å². The van der Waals surface area contributed by atoms with E-state index in [9.17, 15) is 4.79 Å². The van der Waals surface area contributed by atoms with Crippen molar-refractivity contribution in [3.05, 3.63) is 58.9 Å². The molecule has 0 unspecified atom stereocenters. The molecule has 6 nitrogen and oxygen atoms in total. The molecule has 0 bridgehead atoms. The molecule has 0 spiro atoms. The number of nitrogens with zero attached hydrogens (tertiary/aromatic N) is 2. The summed E-state index contributed by atoms with van der Waals surface area (Å²) in [5, 5.41) is 6.50. The van der Waals surface area contributed by atoms with Crippen molar-refractivity contribution >= 4 is 5.96 Å². The van der Waals surface area contributed by atoms with Crippen LogP contribution in [0.5, 0.6) is 0 Å². The first kappa shape index (κ1) is 16.9. The predicted octanol–water partition coefficient (Wildman–Crippen LogP) is 1.98. The van der Waals surface area contributed by atoms with Crippen LogP contribution in [0.15, 0.2) is 57.0 Å². The van der Waals surface area contributed by atoms with Crippen LogP contribution in [0, 0.1) is 0 Å². The summed E-state index contributed by atoms with van der Waals surface area (Å²) < 4.78 is 7.00. The zero-order valence-corrected chi connectivity index (χ0v) is 13.5. The van der Waals surface area contributed by atoms with Crippen molar-refractivity contribution < 1.29 is 4.42 Å². The summed E-state index contributed by atoms with van der Waals surface area (Å²) in [7, 11) is 0. The first-order valence-electron chi connectivity index (χ1n) is 7.99. The van der Waals surface area contributed by atoms with Crippen LogP contribution in [0.2, 0.25) is 0 Å². The van der Waals surface area contributed by atoms with Crippen LogP contribution in [-0.2, 0) is 13.1 Å². The number of rotatable bonds is 8. The number of unbranched alkanes of at least 4 members (excludes halogenated alkanes) is 1. The number of furan rings is 1. The molecule has 2 aromatic rings. The summed E-state index contributed by atoms with van der Waals surface area (Å²) in [6.45, 7) is 4.91. The van der Waals surface area contributed by atoms with E-state index in [4.69, 9.17) is 4.42 Å². The van der Waals surface area contributed by atoms with Crippen LogP contribution < -0.4 is 16.2 Å². The molecule has 0 aliphatic rings. The Morgan fingerprint density at radius 3 is 2.87 bits per heavy atom. The minimum absolute atomic E-state index is 0.0498. The maximum atomic E-state index is 11.6. The van der Waals surface area contributed by atoms with Gasteiger partial charge in [0.15, 0.2) is 5.96 Å². The number of aromatic nitrogens is 1. The normalized spacial score (nSPS) is 11.4. The maximum absolute atomic E-state index is 11.6. The van der Waals surface area contributed by atoms with E-state index in [1.807, 2.05) is 31.3 Å². The van der Waals surface area contributed by atoms with Crippen molar-refractivity contribution in [2.75, 3.05) is 13.1 Å². The fraction of sp³-hybridized carbons (Fsp3) is 0.412. The summed E-state index contributed by atoms with van der Waals surface area (Å²) in [6, 6.07) is 8.99. The molecule has 0 aromatic carbocycles. The Labute approximate surface area is 136 Å². The molecule has 0 aliphatic heterocycles. The van der Waals surface area contributed by atoms with Crippen LogP contribution in [0.1, 0.15) is 25.5 Å². The van der Waals surface area contributed by atoms with Crippen LogP contribution in [0.3, 0.4) is 0 Å². The SMILES string of the molecule is CCNC(=NCc1ccco1)NCCCCn1ccccc1=O. The molecule has 2 aromatic heterocycles. The third kappa shape index (κ3) is 6.02. The topological polar surface area (TPSA) is 71.6 Å². The van der Waals surface area contributed by atoms with Gasteiger partial charge in [-0.2, -0.15) is 0 Å². The predicted molar refractivity (Wildman–Crippen MR) is 91.5 cm³/mol. The molecule has 0 amide bonds. The Kier molecular flexibility index (Phi) is 6.97. The average molecular weight is 316 g/mol. The number of nitrogens with one attached hydrogen (secondary N) is 2. The van der Waals surface area contributed by atoms with Gasteiger partial charge in [-0.1, -0.05) is 6.07 Å². The first-order chi connectivity index (χ1) is 11.3. The van der Waals surface area contributed by atoms with Crippen LogP contribution in [-0.4, -0.2) is 23.6 Å². The largest absolute Gasteiger partial charge is 0.467 e. The molecule has 124 valence electrons. The molecule has 6 heteroatoms. The number of aryl methyl sites for hydroxylation is 1. The van der Waals surface area contributed by atoms with Gasteiger partial charge in [-0.25, -0.2) is 4.99 Å². The molecule has 0 fully saturated rings. The smallest absolute Gasteiger partial charge is 0.250 e. The van der Waals surface area contributed by atoms with Gasteiger partial charge in [-0.3, -0.25) is 4.79 Å². The second-order valence-corrected chi connectivity index (χ2v) is 5.14. The Hall–Kier alpha value is -2.50.